The fraction of sp³-hybridized carbons (Fsp3) is 0.300. The van der Waals surface area contributed by atoms with Crippen molar-refractivity contribution < 1.29 is 4.79 Å². The molecule has 0 aliphatic carbocycles. The number of amides is 1. The third kappa shape index (κ3) is 2.56. The van der Waals surface area contributed by atoms with E-state index in [-0.39, 0.29) is 5.91 Å². The van der Waals surface area contributed by atoms with Crippen molar-refractivity contribution >= 4 is 28.3 Å². The first kappa shape index (κ1) is 15.7. The van der Waals surface area contributed by atoms with Crippen LogP contribution in [-0.2, 0) is 6.42 Å². The summed E-state index contributed by atoms with van der Waals surface area (Å²) in [5.41, 5.74) is 4.94. The Balaban J connectivity index is 1.67. The van der Waals surface area contributed by atoms with Crippen molar-refractivity contribution in [3.05, 3.63) is 53.9 Å². The lowest BCUT2D eigenvalue weighted by atomic mass is 10.1. The molecule has 0 fully saturated rings. The van der Waals surface area contributed by atoms with Gasteiger partial charge in [-0.15, -0.1) is 0 Å². The van der Waals surface area contributed by atoms with Gasteiger partial charge in [0.2, 0.25) is 0 Å². The molecule has 1 N–H and O–H groups in total. The summed E-state index contributed by atoms with van der Waals surface area (Å²) in [4.78, 5) is 24.7. The Labute approximate surface area is 147 Å². The Morgan fingerprint density at radius 3 is 2.92 bits per heavy atom. The second-order valence-corrected chi connectivity index (χ2v) is 6.29. The number of aromatic nitrogens is 2. The maximum Gasteiger partial charge on any atom is 0.260 e. The molecule has 128 valence electrons. The molecule has 1 aliphatic rings. The summed E-state index contributed by atoms with van der Waals surface area (Å²) in [7, 11) is 0. The van der Waals surface area contributed by atoms with Gasteiger partial charge >= 0.3 is 0 Å². The van der Waals surface area contributed by atoms with Crippen LogP contribution >= 0.6 is 0 Å². The average molecular weight is 334 g/mol. The lowest BCUT2D eigenvalue weighted by Crippen LogP contribution is -2.28. The van der Waals surface area contributed by atoms with Gasteiger partial charge in [0, 0.05) is 48.8 Å². The normalized spacial score (nSPS) is 13.3. The van der Waals surface area contributed by atoms with Crippen molar-refractivity contribution in [1.29, 1.82) is 0 Å². The van der Waals surface area contributed by atoms with Gasteiger partial charge < -0.3 is 14.8 Å². The number of pyridine rings is 1. The first-order valence-electron chi connectivity index (χ1n) is 8.84. The lowest BCUT2D eigenvalue weighted by molar-refractivity contribution is 0.0991. The number of benzene rings is 1. The minimum Gasteiger partial charge on any atom is -0.372 e. The molecule has 0 atom stereocenters. The molecule has 0 spiro atoms. The van der Waals surface area contributed by atoms with Crippen molar-refractivity contribution in [2.75, 3.05) is 29.4 Å². The van der Waals surface area contributed by atoms with E-state index in [4.69, 9.17) is 0 Å². The zero-order valence-corrected chi connectivity index (χ0v) is 14.6. The molecule has 1 amide bonds. The molecule has 0 radical (unpaired) electrons. The van der Waals surface area contributed by atoms with E-state index in [1.807, 2.05) is 17.0 Å². The number of hydrogen-bond acceptors (Lipinski definition) is 3. The molecule has 0 bridgehead atoms. The highest BCUT2D eigenvalue weighted by atomic mass is 16.2. The van der Waals surface area contributed by atoms with E-state index < -0.39 is 0 Å². The molecule has 2 aromatic heterocycles. The van der Waals surface area contributed by atoms with E-state index in [9.17, 15) is 4.79 Å². The van der Waals surface area contributed by atoms with Crippen LogP contribution in [0.1, 0.15) is 29.8 Å². The van der Waals surface area contributed by atoms with E-state index in [0.29, 0.717) is 5.56 Å². The van der Waals surface area contributed by atoms with Crippen LogP contribution < -0.4 is 9.80 Å². The topological polar surface area (TPSA) is 52.2 Å². The van der Waals surface area contributed by atoms with Gasteiger partial charge in [-0.25, -0.2) is 4.98 Å². The molecular formula is C20H22N4O. The molecule has 1 aromatic carbocycles. The number of fused-ring (bicyclic) bond motifs is 2. The van der Waals surface area contributed by atoms with E-state index >= 15 is 0 Å². The van der Waals surface area contributed by atoms with Crippen LogP contribution in [0.2, 0.25) is 0 Å². The highest BCUT2D eigenvalue weighted by Crippen LogP contribution is 2.33. The van der Waals surface area contributed by atoms with Crippen LogP contribution in [0.25, 0.3) is 11.0 Å². The number of anilines is 2. The fourth-order valence-electron chi connectivity index (χ4n) is 3.66. The van der Waals surface area contributed by atoms with Gasteiger partial charge in [0.05, 0.1) is 5.56 Å². The summed E-state index contributed by atoms with van der Waals surface area (Å²) >= 11 is 0. The smallest absolute Gasteiger partial charge is 0.260 e. The Bertz CT molecular complexity index is 926. The zero-order chi connectivity index (χ0) is 17.4. The number of rotatable bonds is 4. The monoisotopic (exact) mass is 334 g/mol. The molecule has 3 aromatic rings. The zero-order valence-electron chi connectivity index (χ0n) is 14.6. The van der Waals surface area contributed by atoms with Crippen molar-refractivity contribution in [2.24, 2.45) is 0 Å². The summed E-state index contributed by atoms with van der Waals surface area (Å²) < 4.78 is 0. The van der Waals surface area contributed by atoms with Crippen LogP contribution in [0.15, 0.2) is 42.7 Å². The Kier molecular flexibility index (Phi) is 3.92. The van der Waals surface area contributed by atoms with Crippen LogP contribution in [0.5, 0.6) is 0 Å². The van der Waals surface area contributed by atoms with E-state index in [2.05, 4.69) is 46.9 Å². The molecule has 5 heteroatoms. The molecule has 0 unspecified atom stereocenters. The molecule has 1 aliphatic heterocycles. The first-order valence-corrected chi connectivity index (χ1v) is 8.84. The second kappa shape index (κ2) is 6.24. The van der Waals surface area contributed by atoms with Gasteiger partial charge in [-0.3, -0.25) is 4.79 Å². The molecule has 3 heterocycles. The standard InChI is InChI=1S/C20H22N4O/c1-3-23(4-2)15-7-8-18-14(12-15)9-11-24(18)20(25)17-13-22-19-16(17)6-5-10-21-19/h5-8,10,12-13H,3-4,9,11H2,1-2H3,(H,21,22). The molecule has 25 heavy (non-hydrogen) atoms. The number of carbonyl (C=O) groups excluding carboxylic acids is 1. The largest absolute Gasteiger partial charge is 0.372 e. The van der Waals surface area contributed by atoms with Crippen molar-refractivity contribution in [2.45, 2.75) is 20.3 Å². The SMILES string of the molecule is CCN(CC)c1ccc2c(c1)CCN2C(=O)c1c[nH]c2ncccc12. The highest BCUT2D eigenvalue weighted by Gasteiger charge is 2.27. The number of hydrogen-bond donors (Lipinski definition) is 1. The van der Waals surface area contributed by atoms with Crippen LogP contribution in [0, 0.1) is 0 Å². The molecule has 4 rings (SSSR count). The summed E-state index contributed by atoms with van der Waals surface area (Å²) in [6.07, 6.45) is 4.39. The number of nitrogens with one attached hydrogen (secondary N) is 1. The third-order valence-corrected chi connectivity index (χ3v) is 5.01. The Morgan fingerprint density at radius 2 is 2.12 bits per heavy atom. The van der Waals surface area contributed by atoms with Crippen molar-refractivity contribution in [3.63, 3.8) is 0 Å². The molecular weight excluding hydrogens is 312 g/mol. The predicted octanol–water partition coefficient (Wildman–Crippen LogP) is 3.61. The van der Waals surface area contributed by atoms with Crippen LogP contribution in [-0.4, -0.2) is 35.5 Å². The highest BCUT2D eigenvalue weighted by molar-refractivity contribution is 6.14. The number of aromatic amines is 1. The Hall–Kier alpha value is -2.82. The predicted molar refractivity (Wildman–Crippen MR) is 101 cm³/mol. The minimum absolute atomic E-state index is 0.0357. The van der Waals surface area contributed by atoms with Gasteiger partial charge in [0.15, 0.2) is 0 Å². The van der Waals surface area contributed by atoms with Crippen LogP contribution in [0.4, 0.5) is 11.4 Å². The van der Waals surface area contributed by atoms with Gasteiger partial charge in [-0.1, -0.05) is 0 Å². The minimum atomic E-state index is 0.0357. The molecule has 0 saturated carbocycles. The van der Waals surface area contributed by atoms with Gasteiger partial charge in [-0.05, 0) is 56.2 Å². The number of H-pyrrole nitrogens is 1. The summed E-state index contributed by atoms with van der Waals surface area (Å²) in [5, 5.41) is 0.876. The van der Waals surface area contributed by atoms with E-state index in [0.717, 1.165) is 42.8 Å². The van der Waals surface area contributed by atoms with Gasteiger partial charge in [-0.2, -0.15) is 0 Å². The van der Waals surface area contributed by atoms with Gasteiger partial charge in [0.25, 0.3) is 5.91 Å². The summed E-state index contributed by atoms with van der Waals surface area (Å²) in [6.45, 7) is 7.03. The fourth-order valence-corrected chi connectivity index (χ4v) is 3.66. The van der Waals surface area contributed by atoms with Crippen LogP contribution in [0.3, 0.4) is 0 Å². The number of nitrogens with zero attached hydrogens (tertiary/aromatic N) is 3. The summed E-state index contributed by atoms with van der Waals surface area (Å²) in [6, 6.07) is 10.2. The first-order chi connectivity index (χ1) is 12.2. The maximum atomic E-state index is 13.1. The quantitative estimate of drug-likeness (QED) is 0.793. The van der Waals surface area contributed by atoms with Gasteiger partial charge in [0.1, 0.15) is 5.65 Å². The Morgan fingerprint density at radius 1 is 1.28 bits per heavy atom. The van der Waals surface area contributed by atoms with Crippen molar-refractivity contribution in [3.8, 4) is 0 Å². The maximum absolute atomic E-state index is 13.1. The third-order valence-electron chi connectivity index (χ3n) is 5.01. The number of carbonyl (C=O) groups is 1. The molecule has 0 saturated heterocycles. The average Bonchev–Trinajstić information content (AvgIpc) is 3.26. The van der Waals surface area contributed by atoms with E-state index in [1.54, 1.807) is 12.4 Å². The lowest BCUT2D eigenvalue weighted by Gasteiger charge is -2.22. The van der Waals surface area contributed by atoms with E-state index in [1.165, 1.54) is 11.3 Å². The van der Waals surface area contributed by atoms with Crippen molar-refractivity contribution in [1.82, 2.24) is 9.97 Å². The molecule has 5 nitrogen and oxygen atoms in total. The second-order valence-electron chi connectivity index (χ2n) is 6.29. The summed E-state index contributed by atoms with van der Waals surface area (Å²) in [5.74, 6) is 0.0357.